The Morgan fingerprint density at radius 1 is 1.27 bits per heavy atom. The number of aromatic amines is 1. The van der Waals surface area contributed by atoms with Gasteiger partial charge < -0.3 is 20.4 Å². The van der Waals surface area contributed by atoms with Crippen LogP contribution in [0.25, 0.3) is 0 Å². The zero-order valence-electron chi connectivity index (χ0n) is 13.9. The fraction of sp³-hybridized carbons (Fsp3) is 0.625. The number of pyridine rings is 1. The van der Waals surface area contributed by atoms with E-state index in [1.807, 2.05) is 0 Å². The molecule has 6 heteroatoms. The van der Waals surface area contributed by atoms with Gasteiger partial charge in [-0.05, 0) is 40.5 Å². The van der Waals surface area contributed by atoms with Crippen LogP contribution < -0.4 is 20.8 Å². The molecule has 0 bridgehead atoms. The predicted molar refractivity (Wildman–Crippen MR) is 85.4 cm³/mol. The summed E-state index contributed by atoms with van der Waals surface area (Å²) in [7, 11) is 1.42. The van der Waals surface area contributed by atoms with Crippen LogP contribution in [-0.4, -0.2) is 35.1 Å². The van der Waals surface area contributed by atoms with Crippen molar-refractivity contribution in [1.82, 2.24) is 15.6 Å². The summed E-state index contributed by atoms with van der Waals surface area (Å²) in [6.07, 6.45) is 3.08. The van der Waals surface area contributed by atoms with Gasteiger partial charge in [-0.2, -0.15) is 0 Å². The minimum atomic E-state index is -0.308. The number of H-pyrrole nitrogens is 1. The van der Waals surface area contributed by atoms with Gasteiger partial charge in [-0.15, -0.1) is 0 Å². The van der Waals surface area contributed by atoms with Gasteiger partial charge in [0.2, 0.25) is 5.43 Å². The second kappa shape index (κ2) is 5.76. The first-order valence-electron chi connectivity index (χ1n) is 7.49. The summed E-state index contributed by atoms with van der Waals surface area (Å²) in [4.78, 5) is 26.9. The van der Waals surface area contributed by atoms with E-state index in [1.165, 1.54) is 19.4 Å². The molecule has 0 radical (unpaired) electrons. The Bertz CT molecular complexity index is 603. The Morgan fingerprint density at radius 3 is 2.36 bits per heavy atom. The van der Waals surface area contributed by atoms with Gasteiger partial charge in [0.05, 0.1) is 7.11 Å². The molecule has 6 nitrogen and oxygen atoms in total. The van der Waals surface area contributed by atoms with Gasteiger partial charge in [0.25, 0.3) is 5.91 Å². The van der Waals surface area contributed by atoms with Gasteiger partial charge in [0, 0.05) is 29.4 Å². The lowest BCUT2D eigenvalue weighted by atomic mass is 9.79. The molecular formula is C16H25N3O3. The van der Waals surface area contributed by atoms with Gasteiger partial charge in [-0.25, -0.2) is 0 Å². The van der Waals surface area contributed by atoms with Crippen molar-refractivity contribution in [2.45, 2.75) is 57.7 Å². The van der Waals surface area contributed by atoms with Crippen LogP contribution in [0.3, 0.4) is 0 Å². The first-order chi connectivity index (χ1) is 10.1. The molecule has 2 heterocycles. The highest BCUT2D eigenvalue weighted by Gasteiger charge is 2.38. The molecule has 2 rings (SSSR count). The van der Waals surface area contributed by atoms with Crippen LogP contribution in [0, 0.1) is 0 Å². The van der Waals surface area contributed by atoms with E-state index < -0.39 is 0 Å². The molecule has 3 N–H and O–H groups in total. The summed E-state index contributed by atoms with van der Waals surface area (Å²) in [6, 6.07) is 1.33. The largest absolute Gasteiger partial charge is 0.491 e. The topological polar surface area (TPSA) is 83.2 Å². The van der Waals surface area contributed by atoms with Crippen molar-refractivity contribution < 1.29 is 9.53 Å². The standard InChI is InChI=1S/C16H25N3O3/c1-15(2)7-10(8-16(3,4)19-15)18-14(21)11-6-12(20)13(22-5)9-17-11/h6,9-10,19H,7-8H2,1-5H3,(H,17,20)(H,18,21). The predicted octanol–water partition coefficient (Wildman–Crippen LogP) is 1.42. The molecule has 0 spiro atoms. The van der Waals surface area contributed by atoms with E-state index in [4.69, 9.17) is 4.74 Å². The van der Waals surface area contributed by atoms with Crippen molar-refractivity contribution in [2.24, 2.45) is 0 Å². The summed E-state index contributed by atoms with van der Waals surface area (Å²) in [5.74, 6) is -0.0704. The van der Waals surface area contributed by atoms with Crippen molar-refractivity contribution in [3.05, 3.63) is 28.2 Å². The maximum absolute atomic E-state index is 12.3. The lowest BCUT2D eigenvalue weighted by Gasteiger charge is -2.46. The molecule has 0 aromatic carbocycles. The number of amides is 1. The highest BCUT2D eigenvalue weighted by Crippen LogP contribution is 2.28. The molecule has 1 amide bonds. The molecule has 1 aromatic rings. The van der Waals surface area contributed by atoms with E-state index in [-0.39, 0.29) is 39.9 Å². The highest BCUT2D eigenvalue weighted by molar-refractivity contribution is 5.92. The van der Waals surface area contributed by atoms with E-state index in [2.05, 4.69) is 43.3 Å². The average Bonchev–Trinajstić information content (AvgIpc) is 2.34. The Hall–Kier alpha value is -1.82. The second-order valence-electron chi connectivity index (χ2n) is 7.25. The number of ether oxygens (including phenoxy) is 1. The van der Waals surface area contributed by atoms with Crippen LogP contribution in [-0.2, 0) is 0 Å². The van der Waals surface area contributed by atoms with Gasteiger partial charge in [0.1, 0.15) is 5.69 Å². The summed E-state index contributed by atoms with van der Waals surface area (Å²) in [6.45, 7) is 8.51. The molecule has 122 valence electrons. The van der Waals surface area contributed by atoms with Gasteiger partial charge in [-0.1, -0.05) is 0 Å². The van der Waals surface area contributed by atoms with Crippen LogP contribution in [0.5, 0.6) is 5.75 Å². The Morgan fingerprint density at radius 2 is 1.86 bits per heavy atom. The maximum atomic E-state index is 12.3. The fourth-order valence-corrected chi connectivity index (χ4v) is 3.44. The zero-order chi connectivity index (χ0) is 16.5. The number of hydrogen-bond donors (Lipinski definition) is 3. The minimum absolute atomic E-state index is 0.0486. The summed E-state index contributed by atoms with van der Waals surface area (Å²) in [5.41, 5.74) is -0.155. The number of hydrogen-bond acceptors (Lipinski definition) is 4. The van der Waals surface area contributed by atoms with Gasteiger partial charge in [0.15, 0.2) is 5.75 Å². The molecule has 1 saturated heterocycles. The summed E-state index contributed by atoms with van der Waals surface area (Å²) >= 11 is 0. The van der Waals surface area contributed by atoms with E-state index in [0.29, 0.717) is 0 Å². The normalized spacial score (nSPS) is 20.4. The van der Waals surface area contributed by atoms with E-state index in [9.17, 15) is 9.59 Å². The zero-order valence-corrected chi connectivity index (χ0v) is 13.9. The number of carbonyl (C=O) groups excluding carboxylic acids is 1. The third-order valence-electron chi connectivity index (χ3n) is 3.87. The second-order valence-corrected chi connectivity index (χ2v) is 7.25. The third kappa shape index (κ3) is 3.88. The van der Waals surface area contributed by atoms with E-state index >= 15 is 0 Å². The lowest BCUT2D eigenvalue weighted by molar-refractivity contribution is 0.0868. The smallest absolute Gasteiger partial charge is 0.268 e. The molecule has 22 heavy (non-hydrogen) atoms. The van der Waals surface area contributed by atoms with Gasteiger partial charge >= 0.3 is 0 Å². The Balaban J connectivity index is 2.11. The molecule has 1 aliphatic rings. The Labute approximate surface area is 130 Å². The van der Waals surface area contributed by atoms with Crippen molar-refractivity contribution >= 4 is 5.91 Å². The number of nitrogens with one attached hydrogen (secondary N) is 3. The molecule has 1 aliphatic heterocycles. The third-order valence-corrected chi connectivity index (χ3v) is 3.87. The quantitative estimate of drug-likeness (QED) is 0.789. The number of methoxy groups -OCH3 is 1. The molecule has 0 atom stereocenters. The maximum Gasteiger partial charge on any atom is 0.268 e. The van der Waals surface area contributed by atoms with Crippen LogP contribution in [0.2, 0.25) is 0 Å². The first-order valence-corrected chi connectivity index (χ1v) is 7.49. The van der Waals surface area contributed by atoms with Crippen LogP contribution in [0.4, 0.5) is 0 Å². The van der Waals surface area contributed by atoms with Crippen molar-refractivity contribution in [3.63, 3.8) is 0 Å². The molecular weight excluding hydrogens is 282 g/mol. The van der Waals surface area contributed by atoms with Crippen LogP contribution in [0.1, 0.15) is 51.0 Å². The number of aromatic nitrogens is 1. The van der Waals surface area contributed by atoms with Crippen LogP contribution in [0.15, 0.2) is 17.1 Å². The molecule has 1 aromatic heterocycles. The average molecular weight is 307 g/mol. The highest BCUT2D eigenvalue weighted by atomic mass is 16.5. The SMILES string of the molecule is COc1c[nH]c(C(=O)NC2CC(C)(C)NC(C)(C)C2)cc1=O. The summed E-state index contributed by atoms with van der Waals surface area (Å²) in [5, 5.41) is 6.59. The van der Waals surface area contributed by atoms with Crippen LogP contribution >= 0.6 is 0 Å². The van der Waals surface area contributed by atoms with Crippen molar-refractivity contribution in [2.75, 3.05) is 7.11 Å². The molecule has 0 unspecified atom stereocenters. The number of rotatable bonds is 3. The van der Waals surface area contributed by atoms with E-state index in [0.717, 1.165) is 12.8 Å². The Kier molecular flexibility index (Phi) is 4.33. The van der Waals surface area contributed by atoms with Crippen molar-refractivity contribution in [1.29, 1.82) is 0 Å². The lowest BCUT2D eigenvalue weighted by Crippen LogP contribution is -2.62. The van der Waals surface area contributed by atoms with E-state index in [1.54, 1.807) is 0 Å². The van der Waals surface area contributed by atoms with Crippen molar-refractivity contribution in [3.8, 4) is 5.75 Å². The van der Waals surface area contributed by atoms with Gasteiger partial charge in [-0.3, -0.25) is 9.59 Å². The number of piperidine rings is 1. The number of carbonyl (C=O) groups is 1. The summed E-state index contributed by atoms with van der Waals surface area (Å²) < 4.78 is 4.90. The molecule has 0 aliphatic carbocycles. The minimum Gasteiger partial charge on any atom is -0.491 e. The molecule has 1 fully saturated rings. The first kappa shape index (κ1) is 16.5. The molecule has 0 saturated carbocycles. The monoisotopic (exact) mass is 307 g/mol. The fourth-order valence-electron chi connectivity index (χ4n) is 3.44.